The molecule has 1 fully saturated rings. The summed E-state index contributed by atoms with van der Waals surface area (Å²) in [6.07, 6.45) is 0.463. The predicted octanol–water partition coefficient (Wildman–Crippen LogP) is 2.23. The number of nitrogens with zero attached hydrogens (tertiary/aromatic N) is 2. The Hall–Kier alpha value is -2.91. The summed E-state index contributed by atoms with van der Waals surface area (Å²) in [5.74, 6) is -1.05. The number of esters is 1. The molecule has 0 bridgehead atoms. The average Bonchev–Trinajstić information content (AvgIpc) is 3.21. The van der Waals surface area contributed by atoms with Gasteiger partial charge >= 0.3 is 5.97 Å². The van der Waals surface area contributed by atoms with Crippen molar-refractivity contribution in [3.8, 4) is 0 Å². The summed E-state index contributed by atoms with van der Waals surface area (Å²) in [6, 6.07) is 13.1. The molecule has 9 heteroatoms. The Labute approximate surface area is 187 Å². The third-order valence-electron chi connectivity index (χ3n) is 5.60. The van der Waals surface area contributed by atoms with Crippen LogP contribution in [-0.4, -0.2) is 63.6 Å². The molecule has 4 rings (SSSR count). The fraction of sp³-hybridized carbons (Fsp3) is 0.391. The van der Waals surface area contributed by atoms with Crippen LogP contribution in [0.25, 0.3) is 0 Å². The zero-order valence-electron chi connectivity index (χ0n) is 18.1. The summed E-state index contributed by atoms with van der Waals surface area (Å²) in [5.41, 5.74) is 1.70. The molecule has 2 aromatic rings. The van der Waals surface area contributed by atoms with E-state index in [0.29, 0.717) is 31.7 Å². The maximum atomic E-state index is 13.2. The van der Waals surface area contributed by atoms with Crippen LogP contribution in [0.1, 0.15) is 29.8 Å². The molecule has 0 spiro atoms. The minimum absolute atomic E-state index is 0.00538. The zero-order chi connectivity index (χ0) is 22.9. The van der Waals surface area contributed by atoms with Gasteiger partial charge in [0, 0.05) is 19.6 Å². The van der Waals surface area contributed by atoms with Crippen molar-refractivity contribution in [2.24, 2.45) is 0 Å². The van der Waals surface area contributed by atoms with Crippen molar-refractivity contribution in [1.82, 2.24) is 4.90 Å². The van der Waals surface area contributed by atoms with E-state index in [2.05, 4.69) is 0 Å². The summed E-state index contributed by atoms with van der Waals surface area (Å²) >= 11 is 0. The number of carbonyl (C=O) groups excluding carboxylic acids is 2. The lowest BCUT2D eigenvalue weighted by Crippen LogP contribution is -2.49. The minimum atomic E-state index is -3.83. The summed E-state index contributed by atoms with van der Waals surface area (Å²) in [5, 5.41) is 0. The first-order valence-corrected chi connectivity index (χ1v) is 12.0. The van der Waals surface area contributed by atoms with Crippen LogP contribution in [0.2, 0.25) is 0 Å². The Morgan fingerprint density at radius 1 is 1.06 bits per heavy atom. The number of carbonyl (C=O) groups is 2. The van der Waals surface area contributed by atoms with E-state index in [4.69, 9.17) is 9.47 Å². The van der Waals surface area contributed by atoms with Gasteiger partial charge in [-0.15, -0.1) is 0 Å². The second-order valence-electron chi connectivity index (χ2n) is 8.12. The molecule has 0 N–H and O–H groups in total. The molecule has 2 aromatic carbocycles. The molecule has 0 aliphatic carbocycles. The van der Waals surface area contributed by atoms with Crippen molar-refractivity contribution in [3.63, 3.8) is 0 Å². The van der Waals surface area contributed by atoms with Crippen molar-refractivity contribution in [2.75, 3.05) is 30.5 Å². The summed E-state index contributed by atoms with van der Waals surface area (Å²) in [7, 11) is -3.83. The lowest BCUT2D eigenvalue weighted by atomic mass is 10.2. The fourth-order valence-electron chi connectivity index (χ4n) is 4.15. The van der Waals surface area contributed by atoms with Crippen LogP contribution in [0, 0.1) is 0 Å². The van der Waals surface area contributed by atoms with Gasteiger partial charge in [-0.25, -0.2) is 13.2 Å². The Kier molecular flexibility index (Phi) is 6.21. The lowest BCUT2D eigenvalue weighted by molar-refractivity contribution is -0.146. The molecule has 2 aliphatic rings. The van der Waals surface area contributed by atoms with Crippen molar-refractivity contribution in [2.45, 2.75) is 37.4 Å². The number of hydrogen-bond donors (Lipinski definition) is 0. The molecule has 8 nitrogen and oxygen atoms in total. The van der Waals surface area contributed by atoms with Crippen molar-refractivity contribution < 1.29 is 27.5 Å². The van der Waals surface area contributed by atoms with Gasteiger partial charge in [0.25, 0.3) is 15.9 Å². The first-order valence-electron chi connectivity index (χ1n) is 10.6. The molecule has 0 radical (unpaired) electrons. The second kappa shape index (κ2) is 8.91. The van der Waals surface area contributed by atoms with E-state index in [1.54, 1.807) is 17.0 Å². The van der Waals surface area contributed by atoms with Crippen LogP contribution in [0.4, 0.5) is 5.69 Å². The molecular formula is C23H26N2O6S. The topological polar surface area (TPSA) is 93.2 Å². The van der Waals surface area contributed by atoms with Gasteiger partial charge in [-0.05, 0) is 50.1 Å². The molecule has 2 atom stereocenters. The molecule has 0 saturated carbocycles. The average molecular weight is 459 g/mol. The first-order chi connectivity index (χ1) is 15.3. The van der Waals surface area contributed by atoms with Crippen molar-refractivity contribution >= 4 is 27.6 Å². The highest BCUT2D eigenvalue weighted by Crippen LogP contribution is 2.32. The Bertz CT molecular complexity index is 1120. The first kappa shape index (κ1) is 22.3. The smallest absolute Gasteiger partial charge is 0.338 e. The molecule has 170 valence electrons. The van der Waals surface area contributed by atoms with E-state index in [9.17, 15) is 18.0 Å². The number of anilines is 1. The molecule has 32 heavy (non-hydrogen) atoms. The van der Waals surface area contributed by atoms with E-state index in [-0.39, 0.29) is 28.6 Å². The lowest BCUT2D eigenvalue weighted by Gasteiger charge is -2.35. The van der Waals surface area contributed by atoms with Gasteiger partial charge in [-0.3, -0.25) is 9.10 Å². The van der Waals surface area contributed by atoms with E-state index in [1.807, 2.05) is 26.0 Å². The largest absolute Gasteiger partial charge is 0.452 e. The van der Waals surface area contributed by atoms with Crippen LogP contribution < -0.4 is 4.31 Å². The quantitative estimate of drug-likeness (QED) is 0.638. The van der Waals surface area contributed by atoms with E-state index < -0.39 is 22.6 Å². The Balaban J connectivity index is 1.45. The van der Waals surface area contributed by atoms with Crippen molar-refractivity contribution in [1.29, 1.82) is 0 Å². The van der Waals surface area contributed by atoms with E-state index in [1.165, 1.54) is 28.6 Å². The number of ether oxygens (including phenoxy) is 2. The minimum Gasteiger partial charge on any atom is -0.452 e. The van der Waals surface area contributed by atoms with Crippen LogP contribution >= 0.6 is 0 Å². The Morgan fingerprint density at radius 2 is 1.78 bits per heavy atom. The van der Waals surface area contributed by atoms with Crippen LogP contribution in [0.3, 0.4) is 0 Å². The van der Waals surface area contributed by atoms with E-state index >= 15 is 0 Å². The third-order valence-corrected chi connectivity index (χ3v) is 7.41. The monoisotopic (exact) mass is 458 g/mol. The standard InChI is InChI=1S/C23H26N2O6S/c1-16-13-24(14-17(2)31-16)22(26)15-30-23(27)19-7-5-8-20(12-19)32(28,29)25-11-10-18-6-3-4-9-21(18)25/h3-9,12,16-17H,10-11,13-15H2,1-2H3/t16-,17-/m1/s1. The molecule has 0 aromatic heterocycles. The van der Waals surface area contributed by atoms with Crippen LogP contribution in [0.5, 0.6) is 0 Å². The number of hydrogen-bond acceptors (Lipinski definition) is 6. The second-order valence-corrected chi connectivity index (χ2v) is 9.98. The van der Waals surface area contributed by atoms with Gasteiger partial charge < -0.3 is 14.4 Å². The highest BCUT2D eigenvalue weighted by Gasteiger charge is 2.31. The zero-order valence-corrected chi connectivity index (χ0v) is 18.9. The van der Waals surface area contributed by atoms with Gasteiger partial charge in [0.05, 0.1) is 28.4 Å². The molecule has 2 aliphatic heterocycles. The van der Waals surface area contributed by atoms with Crippen molar-refractivity contribution in [3.05, 3.63) is 59.7 Å². The molecule has 1 amide bonds. The summed E-state index contributed by atoms with van der Waals surface area (Å²) in [6.45, 7) is 4.58. The van der Waals surface area contributed by atoms with Crippen LogP contribution in [-0.2, 0) is 30.7 Å². The summed E-state index contributed by atoms with van der Waals surface area (Å²) in [4.78, 5) is 26.6. The van der Waals surface area contributed by atoms with Gasteiger partial charge in [-0.2, -0.15) is 0 Å². The predicted molar refractivity (Wildman–Crippen MR) is 118 cm³/mol. The number of rotatable bonds is 5. The highest BCUT2D eigenvalue weighted by atomic mass is 32.2. The highest BCUT2D eigenvalue weighted by molar-refractivity contribution is 7.92. The van der Waals surface area contributed by atoms with Gasteiger partial charge in [0.2, 0.25) is 0 Å². The maximum Gasteiger partial charge on any atom is 0.338 e. The number of benzene rings is 2. The van der Waals surface area contributed by atoms with Gasteiger partial charge in [-0.1, -0.05) is 24.3 Å². The molecule has 2 heterocycles. The fourth-order valence-corrected chi connectivity index (χ4v) is 5.70. The molecule has 0 unspecified atom stereocenters. The molecule has 1 saturated heterocycles. The van der Waals surface area contributed by atoms with E-state index in [0.717, 1.165) is 5.56 Å². The molecular weight excluding hydrogens is 432 g/mol. The Morgan fingerprint density at radius 3 is 2.53 bits per heavy atom. The maximum absolute atomic E-state index is 13.2. The van der Waals surface area contributed by atoms with Gasteiger partial charge in [0.1, 0.15) is 0 Å². The van der Waals surface area contributed by atoms with Gasteiger partial charge in [0.15, 0.2) is 6.61 Å². The number of amides is 1. The number of sulfonamides is 1. The SMILES string of the molecule is C[C@@H]1CN(C(=O)COC(=O)c2cccc(S(=O)(=O)N3CCc4ccccc43)c2)C[C@@H](C)O1. The number of morpholine rings is 1. The normalized spacial score (nSPS) is 20.7. The van der Waals surface area contributed by atoms with Crippen LogP contribution in [0.15, 0.2) is 53.4 Å². The summed E-state index contributed by atoms with van der Waals surface area (Å²) < 4.78 is 38.6. The number of fused-ring (bicyclic) bond motifs is 1. The third kappa shape index (κ3) is 4.49. The number of para-hydroxylation sites is 1.